The average molecular weight is 358 g/mol. The molecular weight excluding hydrogens is 340 g/mol. The molecule has 134 valence electrons. The van der Waals surface area contributed by atoms with Gasteiger partial charge < -0.3 is 15.6 Å². The summed E-state index contributed by atoms with van der Waals surface area (Å²) in [5, 5.41) is 13.0. The Morgan fingerprint density at radius 2 is 1.81 bits per heavy atom. The van der Waals surface area contributed by atoms with E-state index < -0.39 is 11.8 Å². The second-order valence-corrected chi connectivity index (χ2v) is 6.03. The number of aromatic nitrogens is 1. The Kier molecular flexibility index (Phi) is 5.33. The summed E-state index contributed by atoms with van der Waals surface area (Å²) in [6.07, 6.45) is 3.25. The zero-order valence-corrected chi connectivity index (χ0v) is 14.6. The Morgan fingerprint density at radius 3 is 2.52 bits per heavy atom. The Morgan fingerprint density at radius 1 is 1.11 bits per heavy atom. The predicted molar refractivity (Wildman–Crippen MR) is 103 cm³/mol. The quantitative estimate of drug-likeness (QED) is 0.522. The molecule has 0 aliphatic carbocycles. The van der Waals surface area contributed by atoms with Crippen molar-refractivity contribution < 1.29 is 9.59 Å². The van der Waals surface area contributed by atoms with Crippen molar-refractivity contribution >= 4 is 28.8 Å². The van der Waals surface area contributed by atoms with E-state index in [0.717, 1.165) is 16.5 Å². The van der Waals surface area contributed by atoms with Gasteiger partial charge in [0.2, 0.25) is 5.91 Å². The predicted octanol–water partition coefficient (Wildman–Crippen LogP) is 2.35. The number of nitrogens with two attached hydrogens (primary N) is 1. The molecule has 2 amide bonds. The standard InChI is InChI=1S/C21H18N4O2/c22-11-16(21(27)24-12-15-6-2-1-3-7-15)10-17-13-25(14-20(23)26)19-9-5-4-8-18(17)19/h1-10,13H,12,14H2,(H2,23,26)(H,24,27). The number of nitrogens with one attached hydrogen (secondary N) is 1. The highest BCUT2D eigenvalue weighted by Crippen LogP contribution is 2.23. The van der Waals surface area contributed by atoms with Crippen LogP contribution in [0.1, 0.15) is 11.1 Å². The zero-order valence-electron chi connectivity index (χ0n) is 14.6. The second-order valence-electron chi connectivity index (χ2n) is 6.03. The van der Waals surface area contributed by atoms with Crippen LogP contribution in [0.5, 0.6) is 0 Å². The van der Waals surface area contributed by atoms with Crippen LogP contribution < -0.4 is 11.1 Å². The molecule has 0 saturated carbocycles. The molecule has 0 atom stereocenters. The number of primary amides is 1. The number of nitriles is 1. The van der Waals surface area contributed by atoms with Crippen molar-refractivity contribution in [3.05, 3.63) is 77.5 Å². The van der Waals surface area contributed by atoms with Gasteiger partial charge in [0.05, 0.1) is 0 Å². The second kappa shape index (κ2) is 8.02. The van der Waals surface area contributed by atoms with E-state index in [2.05, 4.69) is 5.32 Å². The van der Waals surface area contributed by atoms with E-state index in [1.54, 1.807) is 10.8 Å². The van der Waals surface area contributed by atoms with Gasteiger partial charge >= 0.3 is 0 Å². The van der Waals surface area contributed by atoms with E-state index in [1.165, 1.54) is 6.08 Å². The van der Waals surface area contributed by atoms with Crippen molar-refractivity contribution in [3.63, 3.8) is 0 Å². The summed E-state index contributed by atoms with van der Waals surface area (Å²) in [5.41, 5.74) is 7.73. The Labute approximate surface area is 156 Å². The number of fused-ring (bicyclic) bond motifs is 1. The van der Waals surface area contributed by atoms with Gasteiger partial charge in [-0.2, -0.15) is 5.26 Å². The summed E-state index contributed by atoms with van der Waals surface area (Å²) in [7, 11) is 0. The molecule has 6 heteroatoms. The van der Waals surface area contributed by atoms with Crippen LogP contribution in [0.4, 0.5) is 0 Å². The van der Waals surface area contributed by atoms with Gasteiger partial charge in [0.15, 0.2) is 0 Å². The minimum atomic E-state index is -0.465. The summed E-state index contributed by atoms with van der Waals surface area (Å²) in [6, 6.07) is 18.8. The number of para-hydroxylation sites is 1. The molecule has 3 rings (SSSR count). The number of carbonyl (C=O) groups is 2. The first kappa shape index (κ1) is 18.0. The minimum absolute atomic E-state index is 0.00657. The van der Waals surface area contributed by atoms with Crippen LogP contribution in [-0.2, 0) is 22.7 Å². The molecular formula is C21H18N4O2. The van der Waals surface area contributed by atoms with Gasteiger partial charge in [-0.25, -0.2) is 0 Å². The third kappa shape index (κ3) is 4.22. The third-order valence-corrected chi connectivity index (χ3v) is 4.11. The van der Waals surface area contributed by atoms with Crippen molar-refractivity contribution in [1.82, 2.24) is 9.88 Å². The van der Waals surface area contributed by atoms with Crippen LogP contribution in [-0.4, -0.2) is 16.4 Å². The monoisotopic (exact) mass is 358 g/mol. The molecule has 27 heavy (non-hydrogen) atoms. The lowest BCUT2D eigenvalue weighted by Crippen LogP contribution is -2.23. The summed E-state index contributed by atoms with van der Waals surface area (Å²) in [4.78, 5) is 23.7. The Hall–Kier alpha value is -3.85. The van der Waals surface area contributed by atoms with Gasteiger partial charge in [0, 0.05) is 29.2 Å². The molecule has 0 saturated heterocycles. The number of benzene rings is 2. The van der Waals surface area contributed by atoms with Crippen LogP contribution >= 0.6 is 0 Å². The Balaban J connectivity index is 1.88. The van der Waals surface area contributed by atoms with E-state index in [1.807, 2.05) is 60.7 Å². The van der Waals surface area contributed by atoms with Crippen LogP contribution in [0.15, 0.2) is 66.4 Å². The summed E-state index contributed by atoms with van der Waals surface area (Å²) >= 11 is 0. The van der Waals surface area contributed by atoms with E-state index in [-0.39, 0.29) is 12.1 Å². The molecule has 1 aromatic heterocycles. The van der Waals surface area contributed by atoms with Gasteiger partial charge in [0.1, 0.15) is 18.2 Å². The largest absolute Gasteiger partial charge is 0.368 e. The summed E-state index contributed by atoms with van der Waals surface area (Å²) in [6.45, 7) is 0.360. The van der Waals surface area contributed by atoms with E-state index in [0.29, 0.717) is 12.1 Å². The topological polar surface area (TPSA) is 101 Å². The van der Waals surface area contributed by atoms with Crippen molar-refractivity contribution in [2.75, 3.05) is 0 Å². The lowest BCUT2D eigenvalue weighted by molar-refractivity contribution is -0.118. The number of rotatable bonds is 6. The van der Waals surface area contributed by atoms with Gasteiger partial charge in [-0.1, -0.05) is 48.5 Å². The first-order valence-electron chi connectivity index (χ1n) is 8.38. The molecule has 0 aliphatic rings. The first-order chi connectivity index (χ1) is 13.1. The normalized spacial score (nSPS) is 11.1. The molecule has 6 nitrogen and oxygen atoms in total. The fraction of sp³-hybridized carbons (Fsp3) is 0.0952. The molecule has 3 N–H and O–H groups in total. The highest BCUT2D eigenvalue weighted by atomic mass is 16.2. The average Bonchev–Trinajstić information content (AvgIpc) is 3.02. The Bertz CT molecular complexity index is 1060. The van der Waals surface area contributed by atoms with Crippen LogP contribution in [0, 0.1) is 11.3 Å². The molecule has 3 aromatic rings. The highest BCUT2D eigenvalue weighted by molar-refractivity contribution is 6.04. The molecule has 0 spiro atoms. The maximum absolute atomic E-state index is 12.4. The van der Waals surface area contributed by atoms with E-state index in [4.69, 9.17) is 5.73 Å². The number of amides is 2. The van der Waals surface area contributed by atoms with Crippen molar-refractivity contribution in [2.45, 2.75) is 13.1 Å². The summed E-state index contributed by atoms with van der Waals surface area (Å²) in [5.74, 6) is -0.916. The van der Waals surface area contributed by atoms with Gasteiger partial charge in [-0.15, -0.1) is 0 Å². The van der Waals surface area contributed by atoms with Crippen LogP contribution in [0.2, 0.25) is 0 Å². The van der Waals surface area contributed by atoms with Crippen molar-refractivity contribution in [1.29, 1.82) is 5.26 Å². The molecule has 0 fully saturated rings. The minimum Gasteiger partial charge on any atom is -0.368 e. The molecule has 0 radical (unpaired) electrons. The van der Waals surface area contributed by atoms with E-state index >= 15 is 0 Å². The third-order valence-electron chi connectivity index (χ3n) is 4.11. The molecule has 0 unspecified atom stereocenters. The van der Waals surface area contributed by atoms with Crippen molar-refractivity contribution in [2.24, 2.45) is 5.73 Å². The lowest BCUT2D eigenvalue weighted by Gasteiger charge is -2.04. The fourth-order valence-electron chi connectivity index (χ4n) is 2.87. The number of nitrogens with zero attached hydrogens (tertiary/aromatic N) is 2. The lowest BCUT2D eigenvalue weighted by atomic mass is 10.1. The number of hydrogen-bond acceptors (Lipinski definition) is 3. The van der Waals surface area contributed by atoms with E-state index in [9.17, 15) is 14.9 Å². The molecule has 0 bridgehead atoms. The number of hydrogen-bond donors (Lipinski definition) is 2. The van der Waals surface area contributed by atoms with Crippen molar-refractivity contribution in [3.8, 4) is 6.07 Å². The number of carbonyl (C=O) groups excluding carboxylic acids is 2. The smallest absolute Gasteiger partial charge is 0.262 e. The highest BCUT2D eigenvalue weighted by Gasteiger charge is 2.13. The van der Waals surface area contributed by atoms with Crippen LogP contribution in [0.3, 0.4) is 0 Å². The van der Waals surface area contributed by atoms with Gasteiger partial charge in [0.25, 0.3) is 5.91 Å². The first-order valence-corrected chi connectivity index (χ1v) is 8.38. The molecule has 0 aliphatic heterocycles. The summed E-state index contributed by atoms with van der Waals surface area (Å²) < 4.78 is 1.71. The maximum atomic E-state index is 12.4. The fourth-order valence-corrected chi connectivity index (χ4v) is 2.87. The van der Waals surface area contributed by atoms with Gasteiger partial charge in [-0.3, -0.25) is 9.59 Å². The SMILES string of the molecule is N#CC(=Cc1cn(CC(N)=O)c2ccccc12)C(=O)NCc1ccccc1. The van der Waals surface area contributed by atoms with Gasteiger partial charge in [-0.05, 0) is 17.7 Å². The maximum Gasteiger partial charge on any atom is 0.262 e. The molecule has 2 aromatic carbocycles. The van der Waals surface area contributed by atoms with Crippen LogP contribution in [0.25, 0.3) is 17.0 Å². The molecule has 1 heterocycles. The zero-order chi connectivity index (χ0) is 19.2.